The van der Waals surface area contributed by atoms with E-state index in [1.807, 2.05) is 11.6 Å². The molecule has 34 heavy (non-hydrogen) atoms. The fourth-order valence-corrected chi connectivity index (χ4v) is 6.31. The maximum Gasteiger partial charge on any atom is 0.341 e. The number of thiophene rings is 2. The van der Waals surface area contributed by atoms with Gasteiger partial charge in [-0.1, -0.05) is 18.7 Å². The van der Waals surface area contributed by atoms with Crippen LogP contribution in [0.4, 0.5) is 5.00 Å². The van der Waals surface area contributed by atoms with Gasteiger partial charge in [0, 0.05) is 37.0 Å². The first-order chi connectivity index (χ1) is 16.1. The predicted molar refractivity (Wildman–Crippen MR) is 136 cm³/mol. The first-order valence-corrected chi connectivity index (χ1v) is 13.1. The van der Waals surface area contributed by atoms with Crippen LogP contribution in [-0.4, -0.2) is 64.4 Å². The van der Waals surface area contributed by atoms with E-state index in [2.05, 4.69) is 34.7 Å². The van der Waals surface area contributed by atoms with Crippen LogP contribution in [0.3, 0.4) is 0 Å². The van der Waals surface area contributed by atoms with Crippen LogP contribution in [0.15, 0.2) is 10.5 Å². The minimum Gasteiger partial charge on any atom is -0.465 e. The van der Waals surface area contributed by atoms with Gasteiger partial charge in [-0.25, -0.2) is 4.79 Å². The monoisotopic (exact) mass is 521 g/mol. The minimum atomic E-state index is -0.606. The molecule has 2 amide bonds. The second-order valence-corrected chi connectivity index (χ2v) is 10.7. The highest BCUT2D eigenvalue weighted by Gasteiger charge is 2.27. The molecule has 0 aliphatic carbocycles. The molecule has 12 heteroatoms. The third kappa shape index (κ3) is 5.03. The van der Waals surface area contributed by atoms with Crippen molar-refractivity contribution in [3.63, 3.8) is 0 Å². The number of nitrogens with zero attached hydrogens (tertiary/aromatic N) is 4. The average molecular weight is 522 g/mol. The summed E-state index contributed by atoms with van der Waals surface area (Å²) in [6.45, 7) is 5.87. The number of carbonyl (C=O) groups excluding carboxylic acids is 3. The number of rotatable bonds is 8. The van der Waals surface area contributed by atoms with Crippen molar-refractivity contribution in [3.8, 4) is 11.4 Å². The molecule has 3 heterocycles. The van der Waals surface area contributed by atoms with Gasteiger partial charge in [-0.2, -0.15) is 0 Å². The third-order valence-electron chi connectivity index (χ3n) is 5.26. The number of methoxy groups -OCH3 is 1. The zero-order chi connectivity index (χ0) is 25.2. The summed E-state index contributed by atoms with van der Waals surface area (Å²) in [5.41, 5.74) is 2.98. The molecule has 0 aliphatic rings. The summed E-state index contributed by atoms with van der Waals surface area (Å²) >= 11 is 3.99. The fourth-order valence-electron chi connectivity index (χ4n) is 3.43. The van der Waals surface area contributed by atoms with Crippen molar-refractivity contribution >= 4 is 57.2 Å². The van der Waals surface area contributed by atoms with Gasteiger partial charge in [0.25, 0.3) is 5.91 Å². The summed E-state index contributed by atoms with van der Waals surface area (Å²) in [7, 11) is 6.40. The Morgan fingerprint density at radius 3 is 2.56 bits per heavy atom. The normalized spacial score (nSPS) is 10.9. The van der Waals surface area contributed by atoms with Gasteiger partial charge in [0.15, 0.2) is 11.0 Å². The zero-order valence-corrected chi connectivity index (χ0v) is 22.6. The van der Waals surface area contributed by atoms with Crippen molar-refractivity contribution in [2.45, 2.75) is 32.3 Å². The Bertz CT molecular complexity index is 1240. The lowest BCUT2D eigenvalue weighted by atomic mass is 10.1. The van der Waals surface area contributed by atoms with Gasteiger partial charge in [0.05, 0.1) is 23.3 Å². The molecule has 3 aromatic heterocycles. The van der Waals surface area contributed by atoms with Crippen molar-refractivity contribution in [1.82, 2.24) is 19.7 Å². The molecular formula is C22H27N5O4S3. The number of aryl methyl sites for hydroxylation is 1. The summed E-state index contributed by atoms with van der Waals surface area (Å²) in [5.74, 6) is -0.359. The van der Waals surface area contributed by atoms with Gasteiger partial charge >= 0.3 is 5.97 Å². The van der Waals surface area contributed by atoms with Crippen LogP contribution in [0.25, 0.3) is 11.4 Å². The molecule has 0 aromatic carbocycles. The van der Waals surface area contributed by atoms with E-state index in [4.69, 9.17) is 4.74 Å². The number of esters is 1. The highest BCUT2D eigenvalue weighted by atomic mass is 32.2. The molecule has 0 saturated heterocycles. The molecule has 0 fully saturated rings. The smallest absolute Gasteiger partial charge is 0.341 e. The Hall–Kier alpha value is -2.70. The predicted octanol–water partition coefficient (Wildman–Crippen LogP) is 4.00. The van der Waals surface area contributed by atoms with Crippen LogP contribution >= 0.6 is 34.4 Å². The Morgan fingerprint density at radius 2 is 1.94 bits per heavy atom. The lowest BCUT2D eigenvalue weighted by Crippen LogP contribution is -2.21. The van der Waals surface area contributed by atoms with Crippen LogP contribution in [-0.2, 0) is 23.0 Å². The highest BCUT2D eigenvalue weighted by molar-refractivity contribution is 7.99. The van der Waals surface area contributed by atoms with E-state index < -0.39 is 5.97 Å². The number of ether oxygens (including phenoxy) is 1. The molecule has 0 unspecified atom stereocenters. The van der Waals surface area contributed by atoms with Crippen LogP contribution in [0.2, 0.25) is 0 Å². The fraction of sp³-hybridized carbons (Fsp3) is 0.409. The second-order valence-electron chi connectivity index (χ2n) is 7.69. The third-order valence-corrected chi connectivity index (χ3v) is 8.42. The van der Waals surface area contributed by atoms with Crippen molar-refractivity contribution in [2.24, 2.45) is 7.05 Å². The van der Waals surface area contributed by atoms with E-state index in [9.17, 15) is 14.4 Å². The van der Waals surface area contributed by atoms with E-state index in [-0.39, 0.29) is 23.1 Å². The van der Waals surface area contributed by atoms with E-state index in [1.165, 1.54) is 34.2 Å². The molecule has 9 nitrogen and oxygen atoms in total. The summed E-state index contributed by atoms with van der Waals surface area (Å²) in [4.78, 5) is 40.6. The topological polar surface area (TPSA) is 106 Å². The number of carbonyl (C=O) groups is 3. The summed E-state index contributed by atoms with van der Waals surface area (Å²) in [5, 5.41) is 14.3. The van der Waals surface area contributed by atoms with Gasteiger partial charge in [-0.3, -0.25) is 9.59 Å². The Kier molecular flexibility index (Phi) is 8.16. The molecule has 182 valence electrons. The molecule has 3 aromatic rings. The van der Waals surface area contributed by atoms with Crippen molar-refractivity contribution in [3.05, 3.63) is 31.8 Å². The molecule has 0 saturated carbocycles. The number of anilines is 1. The van der Waals surface area contributed by atoms with Crippen LogP contribution in [0.5, 0.6) is 0 Å². The molecule has 0 radical (unpaired) electrons. The lowest BCUT2D eigenvalue weighted by Gasteiger charge is -2.08. The van der Waals surface area contributed by atoms with Crippen molar-refractivity contribution in [2.75, 3.05) is 32.3 Å². The first kappa shape index (κ1) is 25.9. The van der Waals surface area contributed by atoms with Crippen LogP contribution in [0.1, 0.15) is 43.0 Å². The number of amides is 2. The highest BCUT2D eigenvalue weighted by Crippen LogP contribution is 2.35. The maximum absolute atomic E-state index is 12.7. The quantitative estimate of drug-likeness (QED) is 0.353. The molecule has 0 bridgehead atoms. The first-order valence-electron chi connectivity index (χ1n) is 10.4. The van der Waals surface area contributed by atoms with E-state index >= 15 is 0 Å². The van der Waals surface area contributed by atoms with Gasteiger partial charge in [0.2, 0.25) is 5.91 Å². The van der Waals surface area contributed by atoms with Crippen molar-refractivity contribution < 1.29 is 19.1 Å². The number of hydrogen-bond acceptors (Lipinski definition) is 9. The number of aromatic nitrogens is 3. The summed E-state index contributed by atoms with van der Waals surface area (Å²) in [6.07, 6.45) is 0.906. The van der Waals surface area contributed by atoms with Gasteiger partial charge in [-0.15, -0.1) is 32.9 Å². The second kappa shape index (κ2) is 10.7. The van der Waals surface area contributed by atoms with Gasteiger partial charge < -0.3 is 19.5 Å². The lowest BCUT2D eigenvalue weighted by molar-refractivity contribution is -0.113. The Labute approximate surface area is 210 Å². The summed E-state index contributed by atoms with van der Waals surface area (Å²) in [6, 6.07) is 0. The van der Waals surface area contributed by atoms with E-state index in [0.717, 1.165) is 29.1 Å². The van der Waals surface area contributed by atoms with Crippen LogP contribution < -0.4 is 5.32 Å². The molecule has 0 spiro atoms. The minimum absolute atomic E-state index is 0.0593. The van der Waals surface area contributed by atoms with E-state index in [1.54, 1.807) is 32.4 Å². The largest absolute Gasteiger partial charge is 0.465 e. The van der Waals surface area contributed by atoms with Gasteiger partial charge in [-0.05, 0) is 31.4 Å². The molecule has 0 atom stereocenters. The number of nitrogens with one attached hydrogen (secondary N) is 1. The number of thioether (sulfide) groups is 1. The maximum atomic E-state index is 12.7. The Morgan fingerprint density at radius 1 is 1.24 bits per heavy atom. The molecule has 1 N–H and O–H groups in total. The van der Waals surface area contributed by atoms with E-state index in [0.29, 0.717) is 20.6 Å². The molecule has 0 aliphatic heterocycles. The van der Waals surface area contributed by atoms with Gasteiger partial charge in [0.1, 0.15) is 5.00 Å². The zero-order valence-electron chi connectivity index (χ0n) is 20.1. The SMILES string of the molecule is CCc1c(-c2nnc(SCC(=O)Nc3sc(C(=O)N(C)C)c(C)c3C(=O)OC)n2C)csc1C. The van der Waals surface area contributed by atoms with Crippen molar-refractivity contribution in [1.29, 1.82) is 0 Å². The Balaban J connectivity index is 1.77. The molecule has 3 rings (SSSR count). The molecular weight excluding hydrogens is 494 g/mol. The number of hydrogen-bond donors (Lipinski definition) is 1. The average Bonchev–Trinajstić information content (AvgIpc) is 3.45. The summed E-state index contributed by atoms with van der Waals surface area (Å²) < 4.78 is 6.75. The standard InChI is InChI=1S/C22H27N5O4S3/c1-8-13-12(3)32-9-14(13)18-24-25-22(27(18)6)33-10-15(28)23-19-16(21(30)31-7)11(2)17(34-19)20(29)26(4)5/h9H,8,10H2,1-7H3,(H,23,28). The van der Waals surface area contributed by atoms with Crippen LogP contribution in [0, 0.1) is 13.8 Å².